The monoisotopic (exact) mass is 286 g/mol. The minimum Gasteiger partial charge on any atom is -0.508 e. The molecule has 0 saturated heterocycles. The van der Waals surface area contributed by atoms with Crippen molar-refractivity contribution in [2.45, 2.75) is 6.42 Å². The van der Waals surface area contributed by atoms with E-state index in [9.17, 15) is 5.11 Å². The van der Waals surface area contributed by atoms with Gasteiger partial charge in [-0.1, -0.05) is 72.8 Å². The number of rotatable bonds is 4. The molecule has 0 atom stereocenters. The van der Waals surface area contributed by atoms with Crippen LogP contribution in [0.1, 0.15) is 5.56 Å². The van der Waals surface area contributed by atoms with Crippen molar-refractivity contribution < 1.29 is 5.11 Å². The van der Waals surface area contributed by atoms with Crippen molar-refractivity contribution in [2.75, 3.05) is 0 Å². The number of phenols is 1. The lowest BCUT2D eigenvalue weighted by Crippen LogP contribution is -1.93. The van der Waals surface area contributed by atoms with Gasteiger partial charge in [0.05, 0.1) is 0 Å². The predicted molar refractivity (Wildman–Crippen MR) is 92.9 cm³/mol. The third kappa shape index (κ3) is 2.66. The van der Waals surface area contributed by atoms with Gasteiger partial charge in [0.2, 0.25) is 0 Å². The largest absolute Gasteiger partial charge is 0.508 e. The highest BCUT2D eigenvalue weighted by Gasteiger charge is 2.15. The van der Waals surface area contributed by atoms with E-state index in [0.717, 1.165) is 27.8 Å². The first-order chi connectivity index (χ1) is 10.8. The van der Waals surface area contributed by atoms with Crippen molar-refractivity contribution in [3.05, 3.63) is 91.0 Å². The van der Waals surface area contributed by atoms with Crippen LogP contribution in [0.4, 0.5) is 0 Å². The van der Waals surface area contributed by atoms with Gasteiger partial charge in [-0.2, -0.15) is 0 Å². The Morgan fingerprint density at radius 3 is 1.95 bits per heavy atom. The third-order valence-corrected chi connectivity index (χ3v) is 3.78. The maximum absolute atomic E-state index is 10.3. The fourth-order valence-electron chi connectivity index (χ4n) is 2.78. The van der Waals surface area contributed by atoms with E-state index in [1.807, 2.05) is 48.5 Å². The molecule has 0 spiro atoms. The van der Waals surface area contributed by atoms with Crippen LogP contribution in [-0.2, 0) is 6.42 Å². The maximum atomic E-state index is 10.3. The van der Waals surface area contributed by atoms with Crippen molar-refractivity contribution in [3.8, 4) is 28.0 Å². The number of allylic oxidation sites excluding steroid dienone is 1. The number of hydrogen-bond acceptors (Lipinski definition) is 1. The Hall–Kier alpha value is -2.80. The second-order valence-corrected chi connectivity index (χ2v) is 5.21. The molecule has 0 heterocycles. The lowest BCUT2D eigenvalue weighted by Gasteiger charge is -2.16. The minimum absolute atomic E-state index is 0.318. The molecule has 0 unspecified atom stereocenters. The highest BCUT2D eigenvalue weighted by Crippen LogP contribution is 2.39. The molecule has 3 rings (SSSR count). The Morgan fingerprint density at radius 2 is 1.36 bits per heavy atom. The van der Waals surface area contributed by atoms with Crippen molar-refractivity contribution in [1.82, 2.24) is 0 Å². The van der Waals surface area contributed by atoms with Gasteiger partial charge in [-0.25, -0.2) is 0 Å². The second kappa shape index (κ2) is 6.31. The van der Waals surface area contributed by atoms with E-state index in [1.165, 1.54) is 0 Å². The van der Waals surface area contributed by atoms with Crippen molar-refractivity contribution in [3.63, 3.8) is 0 Å². The quantitative estimate of drug-likeness (QED) is 0.632. The summed E-state index contributed by atoms with van der Waals surface area (Å²) in [7, 11) is 0. The molecular formula is C21H18O. The van der Waals surface area contributed by atoms with Crippen LogP contribution in [0.15, 0.2) is 85.5 Å². The van der Waals surface area contributed by atoms with E-state index in [4.69, 9.17) is 0 Å². The Balaban J connectivity index is 2.31. The summed E-state index contributed by atoms with van der Waals surface area (Å²) in [6.45, 7) is 3.82. The zero-order valence-corrected chi connectivity index (χ0v) is 12.4. The number of benzene rings is 3. The van der Waals surface area contributed by atoms with Crippen LogP contribution in [0.2, 0.25) is 0 Å². The zero-order chi connectivity index (χ0) is 15.4. The van der Waals surface area contributed by atoms with Crippen molar-refractivity contribution in [1.29, 1.82) is 0 Å². The van der Waals surface area contributed by atoms with Crippen LogP contribution in [0, 0.1) is 0 Å². The van der Waals surface area contributed by atoms with E-state index in [1.54, 1.807) is 6.07 Å². The molecule has 0 aliphatic heterocycles. The highest BCUT2D eigenvalue weighted by molar-refractivity contribution is 5.87. The van der Waals surface area contributed by atoms with E-state index in [2.05, 4.69) is 30.8 Å². The summed E-state index contributed by atoms with van der Waals surface area (Å²) in [5.74, 6) is 0.318. The Morgan fingerprint density at radius 1 is 0.773 bits per heavy atom. The van der Waals surface area contributed by atoms with Crippen LogP contribution in [0.5, 0.6) is 5.75 Å². The lowest BCUT2D eigenvalue weighted by molar-refractivity contribution is 0.470. The van der Waals surface area contributed by atoms with Gasteiger partial charge in [0, 0.05) is 5.56 Å². The Kier molecular flexibility index (Phi) is 4.06. The molecule has 0 aliphatic rings. The average molecular weight is 286 g/mol. The van der Waals surface area contributed by atoms with Crippen LogP contribution in [0.3, 0.4) is 0 Å². The first-order valence-electron chi connectivity index (χ1n) is 7.38. The molecular weight excluding hydrogens is 268 g/mol. The average Bonchev–Trinajstić information content (AvgIpc) is 2.58. The van der Waals surface area contributed by atoms with Crippen LogP contribution >= 0.6 is 0 Å². The van der Waals surface area contributed by atoms with E-state index >= 15 is 0 Å². The SMILES string of the molecule is C=CCc1c(O)ccc(-c2ccccc2)c1-c1ccccc1. The molecule has 0 radical (unpaired) electrons. The normalized spacial score (nSPS) is 10.4. The van der Waals surface area contributed by atoms with Gasteiger partial charge >= 0.3 is 0 Å². The molecule has 0 aliphatic carbocycles. The molecule has 0 fully saturated rings. The summed E-state index contributed by atoms with van der Waals surface area (Å²) >= 11 is 0. The fraction of sp³-hybridized carbons (Fsp3) is 0.0476. The summed E-state index contributed by atoms with van der Waals surface area (Å²) in [5.41, 5.74) is 5.37. The molecule has 0 amide bonds. The molecule has 22 heavy (non-hydrogen) atoms. The second-order valence-electron chi connectivity index (χ2n) is 5.21. The number of aromatic hydroxyl groups is 1. The summed E-state index contributed by atoms with van der Waals surface area (Å²) in [6, 6.07) is 24.2. The highest BCUT2D eigenvalue weighted by atomic mass is 16.3. The minimum atomic E-state index is 0.318. The maximum Gasteiger partial charge on any atom is 0.119 e. The molecule has 1 N–H and O–H groups in total. The van der Waals surface area contributed by atoms with Crippen LogP contribution < -0.4 is 0 Å². The van der Waals surface area contributed by atoms with Gasteiger partial charge in [0.25, 0.3) is 0 Å². The summed E-state index contributed by atoms with van der Waals surface area (Å²) in [4.78, 5) is 0. The number of phenolic OH excluding ortho intramolecular Hbond substituents is 1. The van der Waals surface area contributed by atoms with Gasteiger partial charge in [0.15, 0.2) is 0 Å². The standard InChI is InChI=1S/C21H18O/c1-2-9-19-20(22)15-14-18(16-10-5-3-6-11-16)21(19)17-12-7-4-8-13-17/h2-8,10-15,22H,1,9H2. The topological polar surface area (TPSA) is 20.2 Å². The molecule has 1 heteroatoms. The number of hydrogen-bond donors (Lipinski definition) is 1. The molecule has 3 aromatic rings. The van der Waals surface area contributed by atoms with Gasteiger partial charge in [-0.3, -0.25) is 0 Å². The summed E-state index contributed by atoms with van der Waals surface area (Å²) in [6.07, 6.45) is 2.47. The molecule has 1 nitrogen and oxygen atoms in total. The molecule has 0 saturated carbocycles. The molecule has 0 aromatic heterocycles. The molecule has 0 bridgehead atoms. The van der Waals surface area contributed by atoms with E-state index in [-0.39, 0.29) is 0 Å². The van der Waals surface area contributed by atoms with E-state index < -0.39 is 0 Å². The lowest BCUT2D eigenvalue weighted by atomic mass is 9.89. The van der Waals surface area contributed by atoms with Gasteiger partial charge < -0.3 is 5.11 Å². The third-order valence-electron chi connectivity index (χ3n) is 3.78. The van der Waals surface area contributed by atoms with Crippen molar-refractivity contribution >= 4 is 0 Å². The molecule has 108 valence electrons. The van der Waals surface area contributed by atoms with Crippen molar-refractivity contribution in [2.24, 2.45) is 0 Å². The van der Waals surface area contributed by atoms with Gasteiger partial charge in [-0.05, 0) is 34.7 Å². The first-order valence-corrected chi connectivity index (χ1v) is 7.38. The van der Waals surface area contributed by atoms with Crippen LogP contribution in [0.25, 0.3) is 22.3 Å². The van der Waals surface area contributed by atoms with Crippen LogP contribution in [-0.4, -0.2) is 5.11 Å². The fourth-order valence-corrected chi connectivity index (χ4v) is 2.78. The van der Waals surface area contributed by atoms with E-state index in [0.29, 0.717) is 12.2 Å². The first kappa shape index (κ1) is 14.2. The predicted octanol–water partition coefficient (Wildman–Crippen LogP) is 5.45. The Labute approximate surface area is 131 Å². The van der Waals surface area contributed by atoms with Gasteiger partial charge in [0.1, 0.15) is 5.75 Å². The molecule has 3 aromatic carbocycles. The Bertz CT molecular complexity index is 774. The smallest absolute Gasteiger partial charge is 0.119 e. The zero-order valence-electron chi connectivity index (χ0n) is 12.4. The summed E-state index contributed by atoms with van der Waals surface area (Å²) < 4.78 is 0. The van der Waals surface area contributed by atoms with Gasteiger partial charge in [-0.15, -0.1) is 6.58 Å². The summed E-state index contributed by atoms with van der Waals surface area (Å²) in [5, 5.41) is 10.3.